The smallest absolute Gasteiger partial charge is 0.0640 e. The number of nitrogens with zero attached hydrogens (tertiary/aromatic N) is 1. The molecule has 1 aliphatic rings. The maximum absolute atomic E-state index is 4.59. The van der Waals surface area contributed by atoms with Crippen molar-refractivity contribution in [1.82, 2.24) is 4.98 Å². The van der Waals surface area contributed by atoms with Crippen molar-refractivity contribution in [2.24, 2.45) is 5.92 Å². The fourth-order valence-corrected chi connectivity index (χ4v) is 2.32. The predicted molar refractivity (Wildman–Crippen MR) is 75.8 cm³/mol. The highest BCUT2D eigenvalue weighted by atomic mass is 14.9. The normalized spacial score (nSPS) is 17.9. The molecule has 2 rings (SSSR count). The average molecular weight is 234 g/mol. The molecule has 17 heavy (non-hydrogen) atoms. The van der Waals surface area contributed by atoms with Gasteiger partial charge >= 0.3 is 0 Å². The van der Waals surface area contributed by atoms with Crippen LogP contribution in [0.2, 0.25) is 0 Å². The summed E-state index contributed by atoms with van der Waals surface area (Å²) < 4.78 is 0. The summed E-state index contributed by atoms with van der Waals surface area (Å²) in [7, 11) is 0. The second kappa shape index (κ2) is 6.04. The first kappa shape index (κ1) is 14.0. The first-order valence-electron chi connectivity index (χ1n) is 6.81. The van der Waals surface area contributed by atoms with Crippen LogP contribution in [0.1, 0.15) is 57.4 Å². The van der Waals surface area contributed by atoms with Crippen molar-refractivity contribution < 1.29 is 0 Å². The van der Waals surface area contributed by atoms with Gasteiger partial charge in [-0.05, 0) is 36.3 Å². The van der Waals surface area contributed by atoms with E-state index in [0.29, 0.717) is 11.8 Å². The molecule has 0 saturated heterocycles. The predicted octanol–water partition coefficient (Wildman–Crippen LogP) is 4.14. The highest BCUT2D eigenvalue weighted by molar-refractivity contribution is 5.59. The van der Waals surface area contributed by atoms with Gasteiger partial charge in [0.05, 0.1) is 11.4 Å². The van der Waals surface area contributed by atoms with E-state index in [9.17, 15) is 0 Å². The molecule has 2 heterocycles. The average Bonchev–Trinajstić information content (AvgIpc) is 2.31. The molecule has 0 spiro atoms. The second-order valence-corrected chi connectivity index (χ2v) is 5.01. The van der Waals surface area contributed by atoms with Crippen LogP contribution in [0.25, 0.3) is 0 Å². The molecule has 0 fully saturated rings. The maximum Gasteiger partial charge on any atom is 0.0640 e. The first-order valence-corrected chi connectivity index (χ1v) is 6.81. The molecule has 0 amide bonds. The molecule has 1 unspecified atom stereocenters. The van der Waals surface area contributed by atoms with E-state index in [2.05, 4.69) is 44.2 Å². The number of aromatic nitrogens is 1. The first-order chi connectivity index (χ1) is 8.09. The van der Waals surface area contributed by atoms with E-state index in [-0.39, 0.29) is 0 Å². The maximum atomic E-state index is 4.59. The fourth-order valence-electron chi connectivity index (χ4n) is 2.32. The van der Waals surface area contributed by atoms with Crippen molar-refractivity contribution >= 4 is 5.69 Å². The van der Waals surface area contributed by atoms with Crippen LogP contribution in [0.5, 0.6) is 0 Å². The van der Waals surface area contributed by atoms with Crippen LogP contribution < -0.4 is 5.32 Å². The lowest BCUT2D eigenvalue weighted by Crippen LogP contribution is -2.23. The van der Waals surface area contributed by atoms with Gasteiger partial charge in [0.15, 0.2) is 0 Å². The molecule has 1 aromatic rings. The zero-order valence-electron chi connectivity index (χ0n) is 12.1. The summed E-state index contributed by atoms with van der Waals surface area (Å²) in [6.45, 7) is 14.0. The summed E-state index contributed by atoms with van der Waals surface area (Å²) in [5, 5.41) is 3.51. The van der Waals surface area contributed by atoms with E-state index >= 15 is 0 Å². The molecule has 0 aliphatic carbocycles. The summed E-state index contributed by atoms with van der Waals surface area (Å²) in [5.41, 5.74) is 5.30. The Kier molecular flexibility index (Phi) is 4.98. The third-order valence-electron chi connectivity index (χ3n) is 3.25. The van der Waals surface area contributed by atoms with Crippen LogP contribution in [-0.2, 0) is 6.42 Å². The summed E-state index contributed by atoms with van der Waals surface area (Å²) in [5.74, 6) is 1.26. The van der Waals surface area contributed by atoms with E-state index in [1.807, 2.05) is 13.8 Å². The molecule has 96 valence electrons. The third-order valence-corrected chi connectivity index (χ3v) is 3.25. The SMILES string of the molecule is CC.Cc1c(C(C)C)cnc2c1NCC(C)C2. The largest absolute Gasteiger partial charge is 0.383 e. The van der Waals surface area contributed by atoms with Gasteiger partial charge in [-0.3, -0.25) is 4.98 Å². The molecule has 2 heteroatoms. The van der Waals surface area contributed by atoms with E-state index in [1.54, 1.807) is 0 Å². The third kappa shape index (κ3) is 2.99. The van der Waals surface area contributed by atoms with Crippen LogP contribution in [0.15, 0.2) is 6.20 Å². The van der Waals surface area contributed by atoms with E-state index in [0.717, 1.165) is 13.0 Å². The summed E-state index contributed by atoms with van der Waals surface area (Å²) >= 11 is 0. The van der Waals surface area contributed by atoms with Gasteiger partial charge < -0.3 is 5.32 Å². The van der Waals surface area contributed by atoms with Gasteiger partial charge in [0, 0.05) is 12.7 Å². The number of rotatable bonds is 1. The van der Waals surface area contributed by atoms with Crippen LogP contribution in [0.4, 0.5) is 5.69 Å². The van der Waals surface area contributed by atoms with Crippen molar-refractivity contribution in [3.8, 4) is 0 Å². The van der Waals surface area contributed by atoms with Gasteiger partial charge in [-0.25, -0.2) is 0 Å². The molecular weight excluding hydrogens is 208 g/mol. The number of anilines is 1. The molecule has 1 N–H and O–H groups in total. The molecule has 2 nitrogen and oxygen atoms in total. The Morgan fingerprint density at radius 2 is 2.00 bits per heavy atom. The quantitative estimate of drug-likeness (QED) is 0.789. The van der Waals surface area contributed by atoms with E-state index in [4.69, 9.17) is 0 Å². The van der Waals surface area contributed by atoms with Gasteiger partial charge in [-0.15, -0.1) is 0 Å². The topological polar surface area (TPSA) is 24.9 Å². The molecule has 0 saturated carbocycles. The van der Waals surface area contributed by atoms with E-state index in [1.165, 1.54) is 22.5 Å². The van der Waals surface area contributed by atoms with Crippen LogP contribution in [0.3, 0.4) is 0 Å². The van der Waals surface area contributed by atoms with Gasteiger partial charge in [-0.2, -0.15) is 0 Å². The summed E-state index contributed by atoms with van der Waals surface area (Å²) in [6.07, 6.45) is 3.17. The molecular formula is C15H26N2. The zero-order valence-corrected chi connectivity index (χ0v) is 12.1. The number of nitrogens with one attached hydrogen (secondary N) is 1. The number of hydrogen-bond donors (Lipinski definition) is 1. The van der Waals surface area contributed by atoms with Gasteiger partial charge in [0.1, 0.15) is 0 Å². The zero-order chi connectivity index (χ0) is 13.0. The molecule has 0 aromatic carbocycles. The Morgan fingerprint density at radius 3 is 2.59 bits per heavy atom. The molecule has 1 aliphatic heterocycles. The number of fused-ring (bicyclic) bond motifs is 1. The molecule has 1 atom stereocenters. The Hall–Kier alpha value is -1.05. The Balaban J connectivity index is 0.000000686. The Bertz CT molecular complexity index is 369. The molecule has 1 aromatic heterocycles. The monoisotopic (exact) mass is 234 g/mol. The second-order valence-electron chi connectivity index (χ2n) is 5.01. The van der Waals surface area contributed by atoms with Crippen molar-refractivity contribution in [2.45, 2.75) is 53.9 Å². The lowest BCUT2D eigenvalue weighted by Gasteiger charge is -2.26. The Labute approximate surface area is 106 Å². The van der Waals surface area contributed by atoms with E-state index < -0.39 is 0 Å². The van der Waals surface area contributed by atoms with Crippen molar-refractivity contribution in [2.75, 3.05) is 11.9 Å². The van der Waals surface area contributed by atoms with Crippen molar-refractivity contribution in [3.63, 3.8) is 0 Å². The van der Waals surface area contributed by atoms with Gasteiger partial charge in [-0.1, -0.05) is 34.6 Å². The minimum absolute atomic E-state index is 0.559. The fraction of sp³-hybridized carbons (Fsp3) is 0.667. The summed E-state index contributed by atoms with van der Waals surface area (Å²) in [4.78, 5) is 4.59. The van der Waals surface area contributed by atoms with Crippen LogP contribution in [0, 0.1) is 12.8 Å². The van der Waals surface area contributed by atoms with Crippen molar-refractivity contribution in [1.29, 1.82) is 0 Å². The molecule has 0 bridgehead atoms. The van der Waals surface area contributed by atoms with Gasteiger partial charge in [0.2, 0.25) is 0 Å². The van der Waals surface area contributed by atoms with Crippen molar-refractivity contribution in [3.05, 3.63) is 23.0 Å². The number of pyridine rings is 1. The lowest BCUT2D eigenvalue weighted by atomic mass is 9.93. The van der Waals surface area contributed by atoms with Crippen LogP contribution >= 0.6 is 0 Å². The Morgan fingerprint density at radius 1 is 1.35 bits per heavy atom. The number of hydrogen-bond acceptors (Lipinski definition) is 2. The highest BCUT2D eigenvalue weighted by Gasteiger charge is 2.19. The standard InChI is InChI=1S/C13H20N2.C2H6/c1-8(2)11-7-14-12-5-9(3)6-15-13(12)10(11)4;1-2/h7-9,15H,5-6H2,1-4H3;1-2H3. The minimum Gasteiger partial charge on any atom is -0.383 e. The lowest BCUT2D eigenvalue weighted by molar-refractivity contribution is 0.581. The summed E-state index contributed by atoms with van der Waals surface area (Å²) in [6, 6.07) is 0. The molecule has 0 radical (unpaired) electrons. The van der Waals surface area contributed by atoms with Gasteiger partial charge in [0.25, 0.3) is 0 Å². The highest BCUT2D eigenvalue weighted by Crippen LogP contribution is 2.31. The minimum atomic E-state index is 0.559. The van der Waals surface area contributed by atoms with Crippen LogP contribution in [-0.4, -0.2) is 11.5 Å².